The van der Waals surface area contributed by atoms with Crippen molar-refractivity contribution in [3.63, 3.8) is 0 Å². The molecule has 0 aliphatic carbocycles. The molecule has 1 unspecified atom stereocenters. The van der Waals surface area contributed by atoms with Gasteiger partial charge >= 0.3 is 0 Å². The van der Waals surface area contributed by atoms with Crippen LogP contribution in [-0.2, 0) is 4.79 Å². The Morgan fingerprint density at radius 3 is 2.71 bits per heavy atom. The van der Waals surface area contributed by atoms with Crippen LogP contribution in [0.25, 0.3) is 22.2 Å². The molecule has 0 saturated carbocycles. The standard InChI is InChI=1S/C26H22N4O3S/c1-16-29-23(18-7-3-2-4-8-18)24(34-16)26(33)30-14-12-21(31)20(30)15-28-25(32)19-11-5-9-17-10-6-13-27-22(17)19/h2-11,13,20H,12,14-15H2,1H3,(H,28,32). The van der Waals surface area contributed by atoms with Crippen LogP contribution >= 0.6 is 11.3 Å². The van der Waals surface area contributed by atoms with Gasteiger partial charge in [0.1, 0.15) is 10.9 Å². The lowest BCUT2D eigenvalue weighted by molar-refractivity contribution is -0.119. The highest BCUT2D eigenvalue weighted by molar-refractivity contribution is 7.14. The lowest BCUT2D eigenvalue weighted by Crippen LogP contribution is -2.45. The number of nitrogens with one attached hydrogen (secondary N) is 1. The van der Waals surface area contributed by atoms with Gasteiger partial charge in [-0.3, -0.25) is 19.4 Å². The zero-order chi connectivity index (χ0) is 23.7. The van der Waals surface area contributed by atoms with Crippen molar-refractivity contribution in [2.45, 2.75) is 19.4 Å². The summed E-state index contributed by atoms with van der Waals surface area (Å²) in [7, 11) is 0. The Hall–Kier alpha value is -3.91. The highest BCUT2D eigenvalue weighted by atomic mass is 32.1. The number of aryl methyl sites for hydroxylation is 1. The summed E-state index contributed by atoms with van der Waals surface area (Å²) in [5, 5.41) is 4.48. The molecule has 0 spiro atoms. The van der Waals surface area contributed by atoms with E-state index in [1.54, 1.807) is 23.2 Å². The largest absolute Gasteiger partial charge is 0.349 e. The molecule has 3 heterocycles. The van der Waals surface area contributed by atoms with Crippen molar-refractivity contribution in [1.82, 2.24) is 20.2 Å². The third kappa shape index (κ3) is 4.08. The minimum atomic E-state index is -0.717. The average Bonchev–Trinajstić information content (AvgIpc) is 3.44. The van der Waals surface area contributed by atoms with Gasteiger partial charge in [-0.15, -0.1) is 11.3 Å². The lowest BCUT2D eigenvalue weighted by Gasteiger charge is -2.23. The first-order valence-electron chi connectivity index (χ1n) is 11.0. The van der Waals surface area contributed by atoms with E-state index in [4.69, 9.17) is 0 Å². The number of hydrogen-bond acceptors (Lipinski definition) is 6. The predicted octanol–water partition coefficient (Wildman–Crippen LogP) is 3.88. The maximum absolute atomic E-state index is 13.5. The molecule has 170 valence electrons. The zero-order valence-corrected chi connectivity index (χ0v) is 19.3. The molecule has 0 radical (unpaired) electrons. The summed E-state index contributed by atoms with van der Waals surface area (Å²) in [6.45, 7) is 2.23. The second kappa shape index (κ2) is 9.15. The van der Waals surface area contributed by atoms with Gasteiger partial charge in [0, 0.05) is 36.7 Å². The molecular formula is C26H22N4O3S. The number of aromatic nitrogens is 2. The van der Waals surface area contributed by atoms with Crippen molar-refractivity contribution in [3.05, 3.63) is 82.3 Å². The Balaban J connectivity index is 1.37. The fourth-order valence-corrected chi connectivity index (χ4v) is 5.16. The number of carbonyl (C=O) groups is 3. The van der Waals surface area contributed by atoms with Crippen molar-refractivity contribution in [1.29, 1.82) is 0 Å². The van der Waals surface area contributed by atoms with Crippen LogP contribution in [0.4, 0.5) is 0 Å². The molecule has 2 aromatic carbocycles. The first kappa shape index (κ1) is 21.9. The maximum atomic E-state index is 13.5. The molecule has 7 nitrogen and oxygen atoms in total. The first-order chi connectivity index (χ1) is 16.5. The van der Waals surface area contributed by atoms with Crippen LogP contribution < -0.4 is 5.32 Å². The fourth-order valence-electron chi connectivity index (χ4n) is 4.26. The van der Waals surface area contributed by atoms with E-state index in [2.05, 4.69) is 15.3 Å². The van der Waals surface area contributed by atoms with Crippen molar-refractivity contribution >= 4 is 39.8 Å². The molecule has 2 aromatic heterocycles. The summed E-state index contributed by atoms with van der Waals surface area (Å²) < 4.78 is 0. The van der Waals surface area contributed by atoms with E-state index in [-0.39, 0.29) is 30.6 Å². The van der Waals surface area contributed by atoms with Crippen molar-refractivity contribution in [3.8, 4) is 11.3 Å². The van der Waals surface area contributed by atoms with Crippen LogP contribution in [-0.4, -0.2) is 51.6 Å². The van der Waals surface area contributed by atoms with Gasteiger partial charge in [-0.05, 0) is 19.1 Å². The Labute approximate surface area is 200 Å². The molecule has 1 saturated heterocycles. The van der Waals surface area contributed by atoms with Crippen LogP contribution in [0.3, 0.4) is 0 Å². The van der Waals surface area contributed by atoms with E-state index in [1.165, 1.54) is 11.3 Å². The molecule has 4 aromatic rings. The second-order valence-electron chi connectivity index (χ2n) is 8.10. The fraction of sp³-hybridized carbons (Fsp3) is 0.192. The monoisotopic (exact) mass is 470 g/mol. The van der Waals surface area contributed by atoms with Gasteiger partial charge in [-0.2, -0.15) is 0 Å². The number of rotatable bonds is 5. The molecule has 1 fully saturated rings. The van der Waals surface area contributed by atoms with E-state index in [0.717, 1.165) is 16.0 Å². The molecule has 2 amide bonds. The highest BCUT2D eigenvalue weighted by Crippen LogP contribution is 2.31. The molecule has 1 N–H and O–H groups in total. The smallest absolute Gasteiger partial charge is 0.266 e. The van der Waals surface area contributed by atoms with Gasteiger partial charge in [0.15, 0.2) is 5.78 Å². The lowest BCUT2D eigenvalue weighted by atomic mass is 10.1. The molecule has 8 heteroatoms. The normalized spacial score (nSPS) is 15.6. The molecular weight excluding hydrogens is 448 g/mol. The number of carbonyl (C=O) groups excluding carboxylic acids is 3. The average molecular weight is 471 g/mol. The summed E-state index contributed by atoms with van der Waals surface area (Å²) in [4.78, 5) is 50.1. The number of para-hydroxylation sites is 1. The summed E-state index contributed by atoms with van der Waals surface area (Å²) in [5.74, 6) is -0.622. The van der Waals surface area contributed by atoms with Crippen LogP contribution in [0.1, 0.15) is 31.5 Å². The van der Waals surface area contributed by atoms with Gasteiger partial charge < -0.3 is 10.2 Å². The number of Topliss-reactive ketones (excluding diaryl/α,β-unsaturated/α-hetero) is 1. The first-order valence-corrected chi connectivity index (χ1v) is 11.8. The van der Waals surface area contributed by atoms with E-state index < -0.39 is 6.04 Å². The van der Waals surface area contributed by atoms with Crippen LogP contribution in [0.5, 0.6) is 0 Å². The summed E-state index contributed by atoms with van der Waals surface area (Å²) in [6.07, 6.45) is 1.90. The predicted molar refractivity (Wildman–Crippen MR) is 131 cm³/mol. The number of ketones is 1. The second-order valence-corrected chi connectivity index (χ2v) is 9.30. The summed E-state index contributed by atoms with van der Waals surface area (Å²) in [6, 6.07) is 17.9. The van der Waals surface area contributed by atoms with Gasteiger partial charge in [0.25, 0.3) is 11.8 Å². The van der Waals surface area contributed by atoms with E-state index in [1.807, 2.05) is 55.5 Å². The van der Waals surface area contributed by atoms with Crippen molar-refractivity contribution < 1.29 is 14.4 Å². The molecule has 1 atom stereocenters. The van der Waals surface area contributed by atoms with Gasteiger partial charge in [0.2, 0.25) is 0 Å². The zero-order valence-electron chi connectivity index (χ0n) is 18.5. The van der Waals surface area contributed by atoms with Crippen LogP contribution in [0, 0.1) is 6.92 Å². The third-order valence-electron chi connectivity index (χ3n) is 5.92. The maximum Gasteiger partial charge on any atom is 0.266 e. The Morgan fingerprint density at radius 1 is 1.09 bits per heavy atom. The van der Waals surface area contributed by atoms with E-state index in [9.17, 15) is 14.4 Å². The number of nitrogens with zero attached hydrogens (tertiary/aromatic N) is 3. The van der Waals surface area contributed by atoms with Gasteiger partial charge in [-0.1, -0.05) is 48.5 Å². The van der Waals surface area contributed by atoms with E-state index >= 15 is 0 Å². The minimum Gasteiger partial charge on any atom is -0.349 e. The van der Waals surface area contributed by atoms with Gasteiger partial charge in [-0.25, -0.2) is 4.98 Å². The topological polar surface area (TPSA) is 92.3 Å². The highest BCUT2D eigenvalue weighted by Gasteiger charge is 2.38. The summed E-state index contributed by atoms with van der Waals surface area (Å²) >= 11 is 1.32. The van der Waals surface area contributed by atoms with Crippen LogP contribution in [0.15, 0.2) is 66.9 Å². The number of amides is 2. The Kier molecular flexibility index (Phi) is 5.90. The summed E-state index contributed by atoms with van der Waals surface area (Å²) in [5.41, 5.74) is 2.51. The Bertz CT molecular complexity index is 1390. The van der Waals surface area contributed by atoms with Crippen molar-refractivity contribution in [2.24, 2.45) is 0 Å². The van der Waals surface area contributed by atoms with Crippen molar-refractivity contribution in [2.75, 3.05) is 13.1 Å². The van der Waals surface area contributed by atoms with Crippen LogP contribution in [0.2, 0.25) is 0 Å². The molecule has 34 heavy (non-hydrogen) atoms. The van der Waals surface area contributed by atoms with Gasteiger partial charge in [0.05, 0.1) is 21.8 Å². The minimum absolute atomic E-state index is 0.0467. The van der Waals surface area contributed by atoms with E-state index in [0.29, 0.717) is 28.2 Å². The number of pyridine rings is 1. The molecule has 0 bridgehead atoms. The number of benzene rings is 2. The number of likely N-dealkylation sites (tertiary alicyclic amines) is 1. The SMILES string of the molecule is Cc1nc(-c2ccccc2)c(C(=O)N2CCC(=O)C2CNC(=O)c2cccc3cccnc23)s1. The number of hydrogen-bond donors (Lipinski definition) is 1. The molecule has 5 rings (SSSR count). The third-order valence-corrected chi connectivity index (χ3v) is 6.88. The quantitative estimate of drug-likeness (QED) is 0.478. The molecule has 1 aliphatic rings. The number of thiazole rings is 1. The molecule has 1 aliphatic heterocycles. The Morgan fingerprint density at radius 2 is 1.88 bits per heavy atom. The number of fused-ring (bicyclic) bond motifs is 1.